The fraction of sp³-hybridized carbons (Fsp3) is 0.400. The first kappa shape index (κ1) is 17.7. The SMILES string of the molecule is Cc1cc(C)c(S(=O)(=O)OC(C)Cc2csc(N)[n+]2N)c(C)c1. The van der Waals surface area contributed by atoms with Crippen LogP contribution in [0.4, 0.5) is 5.13 Å². The predicted molar refractivity (Wildman–Crippen MR) is 91.2 cm³/mol. The second-order valence-corrected chi connectivity index (χ2v) is 8.13. The zero-order valence-corrected chi connectivity index (χ0v) is 15.3. The van der Waals surface area contributed by atoms with Crippen LogP contribution in [0.15, 0.2) is 22.4 Å². The zero-order chi connectivity index (χ0) is 17.4. The first-order chi connectivity index (χ1) is 10.6. The van der Waals surface area contributed by atoms with Gasteiger partial charge in [0.15, 0.2) is 0 Å². The van der Waals surface area contributed by atoms with Gasteiger partial charge in [-0.05, 0) is 38.8 Å². The summed E-state index contributed by atoms with van der Waals surface area (Å²) in [5, 5.41) is 2.25. The number of aromatic nitrogens is 1. The second-order valence-electron chi connectivity index (χ2n) is 5.73. The maximum absolute atomic E-state index is 12.6. The fourth-order valence-electron chi connectivity index (χ4n) is 2.68. The highest BCUT2D eigenvalue weighted by molar-refractivity contribution is 7.86. The summed E-state index contributed by atoms with van der Waals surface area (Å²) in [5.74, 6) is 5.79. The number of rotatable bonds is 5. The number of nitrogens with two attached hydrogens (primary N) is 2. The molecule has 0 saturated carbocycles. The predicted octanol–water partition coefficient (Wildman–Crippen LogP) is 1.59. The molecule has 1 aromatic carbocycles. The van der Waals surface area contributed by atoms with Gasteiger partial charge in [0.2, 0.25) is 0 Å². The van der Waals surface area contributed by atoms with Crippen LogP contribution in [0.1, 0.15) is 29.3 Å². The van der Waals surface area contributed by atoms with Gasteiger partial charge in [-0.25, -0.2) is 0 Å². The highest BCUT2D eigenvalue weighted by atomic mass is 32.2. The zero-order valence-electron chi connectivity index (χ0n) is 13.7. The van der Waals surface area contributed by atoms with Crippen molar-refractivity contribution in [2.75, 3.05) is 11.6 Å². The van der Waals surface area contributed by atoms with E-state index in [0.717, 1.165) is 11.3 Å². The summed E-state index contributed by atoms with van der Waals surface area (Å²) >= 11 is 1.30. The number of anilines is 1. The average Bonchev–Trinajstić information content (AvgIpc) is 2.68. The molecule has 1 aromatic heterocycles. The highest BCUT2D eigenvalue weighted by Gasteiger charge is 2.25. The molecule has 0 aliphatic carbocycles. The number of hydrogen-bond acceptors (Lipinski definition) is 6. The largest absolute Gasteiger partial charge is 0.355 e. The van der Waals surface area contributed by atoms with Crippen LogP contribution in [0, 0.1) is 20.8 Å². The third-order valence-electron chi connectivity index (χ3n) is 3.50. The van der Waals surface area contributed by atoms with Crippen molar-refractivity contribution in [3.8, 4) is 0 Å². The summed E-state index contributed by atoms with van der Waals surface area (Å²) in [6.07, 6.45) is -0.197. The third-order valence-corrected chi connectivity index (χ3v) is 6.06. The normalized spacial score (nSPS) is 13.2. The summed E-state index contributed by atoms with van der Waals surface area (Å²) in [5.41, 5.74) is 8.80. The maximum Gasteiger partial charge on any atom is 0.355 e. The third kappa shape index (κ3) is 3.82. The Hall–Kier alpha value is -1.64. The lowest BCUT2D eigenvalue weighted by atomic mass is 10.1. The molecule has 0 bridgehead atoms. The van der Waals surface area contributed by atoms with Crippen LogP contribution in [-0.4, -0.2) is 14.5 Å². The van der Waals surface area contributed by atoms with Crippen molar-refractivity contribution in [2.45, 2.75) is 45.1 Å². The lowest BCUT2D eigenvalue weighted by molar-refractivity contribution is -0.627. The Bertz CT molecular complexity index is 805. The van der Waals surface area contributed by atoms with Crippen LogP contribution in [0.2, 0.25) is 0 Å². The Kier molecular flexibility index (Phi) is 4.98. The Morgan fingerprint density at radius 2 is 1.83 bits per heavy atom. The van der Waals surface area contributed by atoms with Crippen LogP contribution >= 0.6 is 11.3 Å². The molecule has 2 rings (SSSR count). The molecule has 0 aliphatic rings. The van der Waals surface area contributed by atoms with E-state index < -0.39 is 16.2 Å². The summed E-state index contributed by atoms with van der Waals surface area (Å²) < 4.78 is 31.9. The summed E-state index contributed by atoms with van der Waals surface area (Å²) in [4.78, 5) is 0.236. The molecular formula is C15H22N3O3S2+. The first-order valence-corrected chi connectivity index (χ1v) is 9.44. The molecule has 4 N–H and O–H groups in total. The summed E-state index contributed by atoms with van der Waals surface area (Å²) in [7, 11) is -3.84. The molecule has 126 valence electrons. The van der Waals surface area contributed by atoms with Crippen molar-refractivity contribution < 1.29 is 17.3 Å². The lowest BCUT2D eigenvalue weighted by Crippen LogP contribution is -2.49. The van der Waals surface area contributed by atoms with Gasteiger partial charge in [0, 0.05) is 11.8 Å². The minimum atomic E-state index is -3.84. The number of nitrogens with zero attached hydrogens (tertiary/aromatic N) is 1. The summed E-state index contributed by atoms with van der Waals surface area (Å²) in [6.45, 7) is 7.17. The minimum absolute atomic E-state index is 0.236. The number of nitrogen functional groups attached to an aromatic ring is 2. The highest BCUT2D eigenvalue weighted by Crippen LogP contribution is 2.25. The molecule has 6 nitrogen and oxygen atoms in total. The number of aryl methyl sites for hydroxylation is 3. The van der Waals surface area contributed by atoms with Crippen molar-refractivity contribution in [3.63, 3.8) is 0 Å². The molecule has 0 fully saturated rings. The lowest BCUT2D eigenvalue weighted by Gasteiger charge is -2.15. The molecule has 1 heterocycles. The van der Waals surface area contributed by atoms with Gasteiger partial charge in [-0.1, -0.05) is 29.0 Å². The molecule has 23 heavy (non-hydrogen) atoms. The van der Waals surface area contributed by atoms with Crippen LogP contribution < -0.4 is 16.3 Å². The molecule has 8 heteroatoms. The molecule has 0 saturated heterocycles. The van der Waals surface area contributed by atoms with Crippen molar-refractivity contribution >= 4 is 26.6 Å². The molecule has 1 unspecified atom stereocenters. The quantitative estimate of drug-likeness (QED) is 0.481. The van der Waals surface area contributed by atoms with Crippen LogP contribution in [0.25, 0.3) is 0 Å². The van der Waals surface area contributed by atoms with Crippen molar-refractivity contribution in [2.24, 2.45) is 0 Å². The molecule has 0 amide bonds. The molecule has 1 atom stereocenters. The van der Waals surface area contributed by atoms with Crippen molar-refractivity contribution in [1.82, 2.24) is 0 Å². The Morgan fingerprint density at radius 3 is 2.30 bits per heavy atom. The first-order valence-electron chi connectivity index (χ1n) is 7.16. The van der Waals surface area contributed by atoms with Gasteiger partial charge in [0.1, 0.15) is 5.69 Å². The molecule has 2 aromatic rings. The Balaban J connectivity index is 2.23. The van der Waals surface area contributed by atoms with E-state index in [0.29, 0.717) is 22.7 Å². The Morgan fingerprint density at radius 1 is 1.26 bits per heavy atom. The van der Waals surface area contributed by atoms with E-state index in [1.54, 1.807) is 26.2 Å². The van der Waals surface area contributed by atoms with Crippen LogP contribution in [-0.2, 0) is 20.7 Å². The average molecular weight is 356 g/mol. The number of benzene rings is 1. The smallest absolute Gasteiger partial charge is 0.276 e. The minimum Gasteiger partial charge on any atom is -0.276 e. The second kappa shape index (κ2) is 6.46. The standard InChI is InChI=1S/C15H21N3O3S2/c1-9-5-10(2)14(11(3)6-9)23(19,20)21-12(4)7-13-8-22-15(16)18(13)17/h5-6,8,12,16H,7,17H2,1-4H3/p+1. The fourth-order valence-corrected chi connectivity index (χ4v) is 4.88. The van der Waals surface area contributed by atoms with Crippen molar-refractivity contribution in [1.29, 1.82) is 0 Å². The maximum atomic E-state index is 12.6. The van der Waals surface area contributed by atoms with Gasteiger partial charge in [0.25, 0.3) is 10.1 Å². The monoisotopic (exact) mass is 356 g/mol. The molecule has 0 radical (unpaired) electrons. The van der Waals surface area contributed by atoms with E-state index in [2.05, 4.69) is 0 Å². The van der Waals surface area contributed by atoms with Gasteiger partial charge in [-0.2, -0.15) is 8.42 Å². The van der Waals surface area contributed by atoms with Crippen molar-refractivity contribution in [3.05, 3.63) is 39.9 Å². The topological polar surface area (TPSA) is 99.3 Å². The number of thiazole rings is 1. The van der Waals surface area contributed by atoms with Crippen LogP contribution in [0.3, 0.4) is 0 Å². The van der Waals surface area contributed by atoms with Gasteiger partial charge >= 0.3 is 5.13 Å². The van der Waals surface area contributed by atoms with E-state index in [1.165, 1.54) is 16.0 Å². The number of hydrogen-bond donors (Lipinski definition) is 2. The van der Waals surface area contributed by atoms with E-state index in [1.807, 2.05) is 19.1 Å². The van der Waals surface area contributed by atoms with Crippen LogP contribution in [0.5, 0.6) is 0 Å². The van der Waals surface area contributed by atoms with E-state index in [4.69, 9.17) is 15.8 Å². The van der Waals surface area contributed by atoms with E-state index >= 15 is 0 Å². The van der Waals surface area contributed by atoms with Gasteiger partial charge < -0.3 is 0 Å². The Labute approximate surface area is 140 Å². The van der Waals surface area contributed by atoms with E-state index in [-0.39, 0.29) is 4.90 Å². The molecule has 0 spiro atoms. The van der Waals surface area contributed by atoms with Gasteiger partial charge in [-0.3, -0.25) is 15.8 Å². The summed E-state index contributed by atoms with van der Waals surface area (Å²) in [6, 6.07) is 3.67. The molecule has 0 aliphatic heterocycles. The van der Waals surface area contributed by atoms with Gasteiger partial charge in [-0.15, -0.1) is 4.68 Å². The van der Waals surface area contributed by atoms with E-state index in [9.17, 15) is 8.42 Å². The van der Waals surface area contributed by atoms with Gasteiger partial charge in [0.05, 0.1) is 11.0 Å². The molecular weight excluding hydrogens is 334 g/mol.